The summed E-state index contributed by atoms with van der Waals surface area (Å²) in [5.74, 6) is 0.134. The molecular weight excluding hydrogens is 430 g/mol. The van der Waals surface area contributed by atoms with Crippen LogP contribution in [0.25, 0.3) is 0 Å². The van der Waals surface area contributed by atoms with E-state index in [-0.39, 0.29) is 24.6 Å². The number of carbonyl (C=O) groups excluding carboxylic acids is 2. The van der Waals surface area contributed by atoms with Crippen LogP contribution in [0.2, 0.25) is 0 Å². The van der Waals surface area contributed by atoms with Crippen LogP contribution in [0, 0.1) is 5.92 Å². The van der Waals surface area contributed by atoms with Crippen LogP contribution in [0.3, 0.4) is 0 Å². The Kier molecular flexibility index (Phi) is 11.4. The molecular formula is C27H45N3O4. The Hall–Kier alpha value is -2.70. The Morgan fingerprint density at radius 1 is 1.29 bits per heavy atom. The summed E-state index contributed by atoms with van der Waals surface area (Å²) >= 11 is 0. The fourth-order valence-electron chi connectivity index (χ4n) is 3.79. The lowest BCUT2D eigenvalue weighted by Gasteiger charge is -2.39. The average Bonchev–Trinajstić information content (AvgIpc) is 2.81. The smallest absolute Gasteiger partial charge is 0.410 e. The highest BCUT2D eigenvalue weighted by atomic mass is 16.6. The van der Waals surface area contributed by atoms with E-state index in [1.54, 1.807) is 4.90 Å². The standard InChI is InChI=1S/C25H39N3O4.C2H6/c1-17(2)19-9-11-20(12-10-19)27(7)22-13-14-28(24(30)32-25(4,5)6)16-21(22)18(3)26-15-23(29)31-8;1-2/h9-11,17,20,26H,3,12-16H2,1-2,4-8H3;1-2H3. The first kappa shape index (κ1) is 29.3. The molecule has 0 aromatic rings. The van der Waals surface area contributed by atoms with Gasteiger partial charge in [0.1, 0.15) is 12.1 Å². The molecule has 7 nitrogen and oxygen atoms in total. The molecule has 2 rings (SSSR count). The second-order valence-electron chi connectivity index (χ2n) is 9.62. The molecule has 1 atom stereocenters. The zero-order valence-corrected chi connectivity index (χ0v) is 22.7. The van der Waals surface area contributed by atoms with E-state index in [1.807, 2.05) is 34.6 Å². The largest absolute Gasteiger partial charge is 0.468 e. The van der Waals surface area contributed by atoms with Gasteiger partial charge < -0.3 is 24.6 Å². The van der Waals surface area contributed by atoms with E-state index >= 15 is 0 Å². The lowest BCUT2D eigenvalue weighted by atomic mass is 9.93. The second-order valence-corrected chi connectivity index (χ2v) is 9.62. The Bertz CT molecular complexity index is 818. The first-order valence-corrected chi connectivity index (χ1v) is 12.2. The summed E-state index contributed by atoms with van der Waals surface area (Å²) in [6.07, 6.45) is 8.00. The highest BCUT2D eigenvalue weighted by molar-refractivity contribution is 5.72. The number of likely N-dealkylation sites (N-methyl/N-ethyl adjacent to an activating group) is 1. The lowest BCUT2D eigenvalue weighted by Crippen LogP contribution is -2.44. The van der Waals surface area contributed by atoms with Crippen LogP contribution < -0.4 is 5.32 Å². The Morgan fingerprint density at radius 2 is 1.94 bits per heavy atom. The van der Waals surface area contributed by atoms with Crippen LogP contribution in [0.4, 0.5) is 4.79 Å². The molecule has 192 valence electrons. The monoisotopic (exact) mass is 475 g/mol. The molecule has 0 spiro atoms. The molecule has 2 aliphatic rings. The molecule has 1 unspecified atom stereocenters. The molecule has 0 fully saturated rings. The molecule has 0 bridgehead atoms. The zero-order valence-electron chi connectivity index (χ0n) is 22.7. The van der Waals surface area contributed by atoms with Gasteiger partial charge >= 0.3 is 12.1 Å². The van der Waals surface area contributed by atoms with Crippen LogP contribution in [0.5, 0.6) is 0 Å². The number of ether oxygens (including phenoxy) is 2. The number of hydrogen-bond acceptors (Lipinski definition) is 6. The first-order chi connectivity index (χ1) is 15.9. The number of hydrogen-bond donors (Lipinski definition) is 1. The lowest BCUT2D eigenvalue weighted by molar-refractivity contribution is -0.139. The van der Waals surface area contributed by atoms with Crippen molar-refractivity contribution in [2.24, 2.45) is 5.92 Å². The number of nitrogens with zero attached hydrogens (tertiary/aromatic N) is 2. The number of methoxy groups -OCH3 is 1. The maximum atomic E-state index is 12.7. The minimum Gasteiger partial charge on any atom is -0.468 e. The van der Waals surface area contributed by atoms with Gasteiger partial charge in [0.2, 0.25) is 0 Å². The van der Waals surface area contributed by atoms with Crippen molar-refractivity contribution in [3.63, 3.8) is 0 Å². The van der Waals surface area contributed by atoms with Gasteiger partial charge in [-0.15, -0.1) is 0 Å². The summed E-state index contributed by atoms with van der Waals surface area (Å²) in [5.41, 5.74) is 3.42. The van der Waals surface area contributed by atoms with Gasteiger partial charge in [-0.3, -0.25) is 4.79 Å². The molecule has 0 saturated heterocycles. The van der Waals surface area contributed by atoms with E-state index in [2.05, 4.69) is 55.9 Å². The van der Waals surface area contributed by atoms with Gasteiger partial charge in [-0.05, 0) is 38.7 Å². The fraction of sp³-hybridized carbons (Fsp3) is 0.630. The molecule has 0 saturated carbocycles. The van der Waals surface area contributed by atoms with Gasteiger partial charge in [-0.1, -0.05) is 52.5 Å². The molecule has 1 amide bonds. The third-order valence-corrected chi connectivity index (χ3v) is 5.70. The van der Waals surface area contributed by atoms with Gasteiger partial charge in [0, 0.05) is 37.0 Å². The third-order valence-electron chi connectivity index (χ3n) is 5.70. The molecule has 7 heteroatoms. The van der Waals surface area contributed by atoms with Gasteiger partial charge in [0.15, 0.2) is 0 Å². The predicted octanol–water partition coefficient (Wildman–Crippen LogP) is 5.03. The maximum Gasteiger partial charge on any atom is 0.410 e. The SMILES string of the molecule is C=C(NCC(=O)OC)C1=C(N(C)C2C=CC(C(C)C)=CC2)CCN(C(=O)OC(C)(C)C)C1.CC. The molecule has 1 aliphatic heterocycles. The molecule has 1 N–H and O–H groups in total. The normalized spacial score (nSPS) is 18.0. The number of nitrogens with one attached hydrogen (secondary N) is 1. The van der Waals surface area contributed by atoms with Gasteiger partial charge in [-0.25, -0.2) is 4.79 Å². The van der Waals surface area contributed by atoms with Gasteiger partial charge in [0.25, 0.3) is 0 Å². The summed E-state index contributed by atoms with van der Waals surface area (Å²) in [6.45, 7) is 19.1. The topological polar surface area (TPSA) is 71.1 Å². The quantitative estimate of drug-likeness (QED) is 0.521. The first-order valence-electron chi connectivity index (χ1n) is 12.2. The Labute approximate surface area is 206 Å². The van der Waals surface area contributed by atoms with E-state index < -0.39 is 5.60 Å². The molecule has 0 aromatic carbocycles. The Morgan fingerprint density at radius 3 is 2.44 bits per heavy atom. The van der Waals surface area contributed by atoms with Crippen molar-refractivity contribution < 1.29 is 19.1 Å². The number of allylic oxidation sites excluding steroid dienone is 2. The summed E-state index contributed by atoms with van der Waals surface area (Å²) in [7, 11) is 3.43. The van der Waals surface area contributed by atoms with Crippen molar-refractivity contribution in [3.8, 4) is 0 Å². The van der Waals surface area contributed by atoms with Crippen molar-refractivity contribution in [3.05, 3.63) is 47.3 Å². The summed E-state index contributed by atoms with van der Waals surface area (Å²) < 4.78 is 10.3. The van der Waals surface area contributed by atoms with Crippen LogP contribution in [0.1, 0.15) is 61.3 Å². The van der Waals surface area contributed by atoms with E-state index in [4.69, 9.17) is 9.47 Å². The zero-order chi connectivity index (χ0) is 26.1. The van der Waals surface area contributed by atoms with Crippen LogP contribution in [0.15, 0.2) is 47.3 Å². The molecule has 0 aromatic heterocycles. The predicted molar refractivity (Wildman–Crippen MR) is 138 cm³/mol. The van der Waals surface area contributed by atoms with Crippen LogP contribution in [-0.4, -0.2) is 67.3 Å². The average molecular weight is 476 g/mol. The highest BCUT2D eigenvalue weighted by Gasteiger charge is 2.31. The third kappa shape index (κ3) is 8.58. The summed E-state index contributed by atoms with van der Waals surface area (Å²) in [5, 5.41) is 3.06. The number of rotatable bonds is 7. The van der Waals surface area contributed by atoms with Crippen LogP contribution >= 0.6 is 0 Å². The van der Waals surface area contributed by atoms with Crippen molar-refractivity contribution in [1.29, 1.82) is 0 Å². The van der Waals surface area contributed by atoms with E-state index in [9.17, 15) is 9.59 Å². The van der Waals surface area contributed by atoms with Crippen molar-refractivity contribution in [2.45, 2.75) is 73.0 Å². The number of amides is 1. The fourth-order valence-corrected chi connectivity index (χ4v) is 3.79. The summed E-state index contributed by atoms with van der Waals surface area (Å²) in [4.78, 5) is 28.3. The number of esters is 1. The minimum atomic E-state index is -0.564. The van der Waals surface area contributed by atoms with Crippen molar-refractivity contribution in [1.82, 2.24) is 15.1 Å². The molecule has 1 aliphatic carbocycles. The summed E-state index contributed by atoms with van der Waals surface area (Å²) in [6, 6.07) is 0.226. The van der Waals surface area contributed by atoms with Crippen molar-refractivity contribution >= 4 is 12.1 Å². The second kappa shape index (κ2) is 13.3. The number of carbonyl (C=O) groups is 2. The van der Waals surface area contributed by atoms with Crippen molar-refractivity contribution in [2.75, 3.05) is 33.8 Å². The van der Waals surface area contributed by atoms with Gasteiger partial charge in [0.05, 0.1) is 19.7 Å². The molecule has 0 radical (unpaired) electrons. The van der Waals surface area contributed by atoms with E-state index in [0.717, 1.165) is 17.7 Å². The van der Waals surface area contributed by atoms with Crippen LogP contribution in [-0.2, 0) is 14.3 Å². The van der Waals surface area contributed by atoms with Gasteiger partial charge in [-0.2, -0.15) is 0 Å². The van der Waals surface area contributed by atoms with E-state index in [1.165, 1.54) is 12.7 Å². The van der Waals surface area contributed by atoms with E-state index in [0.29, 0.717) is 31.1 Å². The molecule has 1 heterocycles. The maximum absolute atomic E-state index is 12.7. The molecule has 34 heavy (non-hydrogen) atoms. The Balaban J connectivity index is 0.00000281. The minimum absolute atomic E-state index is 0.0199. The highest BCUT2D eigenvalue weighted by Crippen LogP contribution is 2.30.